The lowest BCUT2D eigenvalue weighted by Crippen LogP contribution is -2.39. The van der Waals surface area contributed by atoms with Gasteiger partial charge in [-0.1, -0.05) is 6.07 Å². The van der Waals surface area contributed by atoms with E-state index in [0.717, 1.165) is 17.1 Å². The second-order valence-electron chi connectivity index (χ2n) is 4.38. The predicted octanol–water partition coefficient (Wildman–Crippen LogP) is 1.39. The first-order valence-electron chi connectivity index (χ1n) is 5.41. The molecule has 1 amide bonds. The van der Waals surface area contributed by atoms with Crippen LogP contribution in [0.15, 0.2) is 22.8 Å². The molecule has 1 saturated carbocycles. The summed E-state index contributed by atoms with van der Waals surface area (Å²) in [4.78, 5) is 16.1. The Kier molecular flexibility index (Phi) is 2.44. The SMILES string of the molecule is O=C(Nc1cccc(Br)n1)C1NCC2CC21. The van der Waals surface area contributed by atoms with Crippen LogP contribution in [-0.2, 0) is 4.79 Å². The number of hydrogen-bond donors (Lipinski definition) is 2. The maximum atomic E-state index is 11.9. The van der Waals surface area contributed by atoms with Gasteiger partial charge in [-0.05, 0) is 52.9 Å². The third-order valence-electron chi connectivity index (χ3n) is 3.25. The van der Waals surface area contributed by atoms with Gasteiger partial charge in [0, 0.05) is 0 Å². The zero-order valence-corrected chi connectivity index (χ0v) is 10.2. The molecule has 1 aromatic heterocycles. The molecule has 3 rings (SSSR count). The molecule has 3 atom stereocenters. The molecule has 0 bridgehead atoms. The summed E-state index contributed by atoms with van der Waals surface area (Å²) >= 11 is 3.28. The third kappa shape index (κ3) is 1.85. The van der Waals surface area contributed by atoms with Crippen molar-refractivity contribution >= 4 is 27.7 Å². The lowest BCUT2D eigenvalue weighted by Gasteiger charge is -2.12. The summed E-state index contributed by atoms with van der Waals surface area (Å²) in [5.74, 6) is 1.92. The number of fused-ring (bicyclic) bond motifs is 1. The number of hydrogen-bond acceptors (Lipinski definition) is 3. The van der Waals surface area contributed by atoms with Crippen LogP contribution in [0.2, 0.25) is 0 Å². The summed E-state index contributed by atoms with van der Waals surface area (Å²) in [6.45, 7) is 0.981. The number of halogens is 1. The topological polar surface area (TPSA) is 54.0 Å². The zero-order valence-electron chi connectivity index (χ0n) is 8.61. The Hall–Kier alpha value is -0.940. The highest BCUT2D eigenvalue weighted by atomic mass is 79.9. The lowest BCUT2D eigenvalue weighted by atomic mass is 10.2. The first-order chi connectivity index (χ1) is 7.74. The van der Waals surface area contributed by atoms with Gasteiger partial charge in [-0.3, -0.25) is 4.79 Å². The minimum atomic E-state index is -0.0224. The molecule has 0 aromatic carbocycles. The van der Waals surface area contributed by atoms with Crippen LogP contribution in [-0.4, -0.2) is 23.5 Å². The van der Waals surface area contributed by atoms with E-state index in [2.05, 4.69) is 31.5 Å². The Morgan fingerprint density at radius 2 is 2.44 bits per heavy atom. The van der Waals surface area contributed by atoms with Crippen LogP contribution in [0.3, 0.4) is 0 Å². The van der Waals surface area contributed by atoms with Crippen molar-refractivity contribution in [1.29, 1.82) is 0 Å². The zero-order chi connectivity index (χ0) is 11.1. The molecule has 1 saturated heterocycles. The number of pyridine rings is 1. The van der Waals surface area contributed by atoms with Crippen molar-refractivity contribution < 1.29 is 4.79 Å². The van der Waals surface area contributed by atoms with Crippen LogP contribution >= 0.6 is 15.9 Å². The monoisotopic (exact) mass is 281 g/mol. The molecule has 2 aliphatic rings. The number of aromatic nitrogens is 1. The van der Waals surface area contributed by atoms with Gasteiger partial charge in [-0.2, -0.15) is 0 Å². The maximum Gasteiger partial charge on any atom is 0.242 e. The van der Waals surface area contributed by atoms with Crippen molar-refractivity contribution in [3.8, 4) is 0 Å². The Morgan fingerprint density at radius 3 is 3.06 bits per heavy atom. The van der Waals surface area contributed by atoms with Crippen LogP contribution < -0.4 is 10.6 Å². The molecule has 16 heavy (non-hydrogen) atoms. The average molecular weight is 282 g/mol. The van der Waals surface area contributed by atoms with E-state index in [9.17, 15) is 4.79 Å². The minimum absolute atomic E-state index is 0.0224. The van der Waals surface area contributed by atoms with E-state index < -0.39 is 0 Å². The fraction of sp³-hybridized carbons (Fsp3) is 0.455. The molecule has 1 aliphatic heterocycles. The summed E-state index contributed by atoms with van der Waals surface area (Å²) in [6, 6.07) is 5.46. The summed E-state index contributed by atoms with van der Waals surface area (Å²) in [7, 11) is 0. The summed E-state index contributed by atoms with van der Waals surface area (Å²) in [5.41, 5.74) is 0. The molecular weight excluding hydrogens is 270 g/mol. The molecule has 0 spiro atoms. The summed E-state index contributed by atoms with van der Waals surface area (Å²) < 4.78 is 0.731. The van der Waals surface area contributed by atoms with E-state index in [4.69, 9.17) is 0 Å². The number of nitrogens with zero attached hydrogens (tertiary/aromatic N) is 1. The highest BCUT2D eigenvalue weighted by molar-refractivity contribution is 9.10. The van der Waals surface area contributed by atoms with Gasteiger partial charge >= 0.3 is 0 Å². The summed E-state index contributed by atoms with van der Waals surface area (Å²) in [5, 5.41) is 6.08. The van der Waals surface area contributed by atoms with Crippen molar-refractivity contribution in [3.63, 3.8) is 0 Å². The van der Waals surface area contributed by atoms with Crippen molar-refractivity contribution in [2.45, 2.75) is 12.5 Å². The van der Waals surface area contributed by atoms with E-state index in [1.807, 2.05) is 12.1 Å². The van der Waals surface area contributed by atoms with Crippen molar-refractivity contribution in [3.05, 3.63) is 22.8 Å². The highest BCUT2D eigenvalue weighted by Crippen LogP contribution is 2.45. The highest BCUT2D eigenvalue weighted by Gasteiger charge is 2.50. The standard InChI is InChI=1S/C11H12BrN3O/c12-8-2-1-3-9(14-8)15-11(16)10-7-4-6(7)5-13-10/h1-3,6-7,10,13H,4-5H2,(H,14,15,16). The molecule has 84 valence electrons. The molecule has 2 heterocycles. The largest absolute Gasteiger partial charge is 0.309 e. The van der Waals surface area contributed by atoms with Crippen LogP contribution in [0.4, 0.5) is 5.82 Å². The number of nitrogens with one attached hydrogen (secondary N) is 2. The second kappa shape index (κ2) is 3.82. The molecule has 3 unspecified atom stereocenters. The molecular formula is C11H12BrN3O. The van der Waals surface area contributed by atoms with Gasteiger partial charge in [-0.25, -0.2) is 4.98 Å². The fourth-order valence-electron chi connectivity index (χ4n) is 2.31. The molecule has 1 aliphatic carbocycles. The van der Waals surface area contributed by atoms with Crippen LogP contribution in [0, 0.1) is 11.8 Å². The van der Waals surface area contributed by atoms with E-state index in [-0.39, 0.29) is 11.9 Å². The molecule has 4 nitrogen and oxygen atoms in total. The average Bonchev–Trinajstić information content (AvgIpc) is 2.89. The smallest absolute Gasteiger partial charge is 0.242 e. The maximum absolute atomic E-state index is 11.9. The van der Waals surface area contributed by atoms with Gasteiger partial charge in [0.05, 0.1) is 6.04 Å². The fourth-order valence-corrected chi connectivity index (χ4v) is 2.66. The molecule has 1 aromatic rings. The van der Waals surface area contributed by atoms with E-state index >= 15 is 0 Å². The molecule has 2 fully saturated rings. The van der Waals surface area contributed by atoms with Crippen LogP contribution in [0.5, 0.6) is 0 Å². The Bertz CT molecular complexity index is 437. The van der Waals surface area contributed by atoms with Gasteiger partial charge in [0.1, 0.15) is 10.4 Å². The van der Waals surface area contributed by atoms with E-state index in [1.165, 1.54) is 6.42 Å². The Morgan fingerprint density at radius 1 is 1.56 bits per heavy atom. The Labute approximate surface area is 102 Å². The first-order valence-corrected chi connectivity index (χ1v) is 6.20. The molecule has 2 N–H and O–H groups in total. The number of rotatable bonds is 2. The van der Waals surface area contributed by atoms with Gasteiger partial charge in [0.2, 0.25) is 5.91 Å². The van der Waals surface area contributed by atoms with Gasteiger partial charge in [0.15, 0.2) is 0 Å². The quantitative estimate of drug-likeness (QED) is 0.806. The van der Waals surface area contributed by atoms with Gasteiger partial charge in [0.25, 0.3) is 0 Å². The number of piperidine rings is 1. The van der Waals surface area contributed by atoms with Crippen molar-refractivity contribution in [2.75, 3.05) is 11.9 Å². The van der Waals surface area contributed by atoms with Crippen molar-refractivity contribution in [2.24, 2.45) is 11.8 Å². The number of carbonyl (C=O) groups is 1. The lowest BCUT2D eigenvalue weighted by molar-refractivity contribution is -0.118. The second-order valence-corrected chi connectivity index (χ2v) is 5.19. The molecule has 5 heteroatoms. The van der Waals surface area contributed by atoms with E-state index in [0.29, 0.717) is 11.7 Å². The minimum Gasteiger partial charge on any atom is -0.309 e. The summed E-state index contributed by atoms with van der Waals surface area (Å²) in [6.07, 6.45) is 1.19. The third-order valence-corrected chi connectivity index (χ3v) is 3.70. The Balaban J connectivity index is 1.68. The van der Waals surface area contributed by atoms with Crippen LogP contribution in [0.25, 0.3) is 0 Å². The number of anilines is 1. The number of carbonyl (C=O) groups excluding carboxylic acids is 1. The van der Waals surface area contributed by atoms with E-state index in [1.54, 1.807) is 6.07 Å². The predicted molar refractivity (Wildman–Crippen MR) is 64.0 cm³/mol. The molecule has 0 radical (unpaired) electrons. The first kappa shape index (κ1) is 10.2. The van der Waals surface area contributed by atoms with Gasteiger partial charge in [-0.15, -0.1) is 0 Å². The number of amides is 1. The van der Waals surface area contributed by atoms with Crippen LogP contribution in [0.1, 0.15) is 6.42 Å². The van der Waals surface area contributed by atoms with Crippen molar-refractivity contribution in [1.82, 2.24) is 10.3 Å². The normalized spacial score (nSPS) is 30.9. The van der Waals surface area contributed by atoms with Gasteiger partial charge < -0.3 is 10.6 Å².